The number of hydrogen-bond donors (Lipinski definition) is 0. The molecular formula is C27H38F3N3. The predicted octanol–water partition coefficient (Wildman–Crippen LogP) is 6.68. The summed E-state index contributed by atoms with van der Waals surface area (Å²) in [7, 11) is 0. The highest BCUT2D eigenvalue weighted by molar-refractivity contribution is 6.17. The maximum absolute atomic E-state index is 13.8. The Morgan fingerprint density at radius 2 is 1.76 bits per heavy atom. The van der Waals surface area contributed by atoms with E-state index in [-0.39, 0.29) is 17.5 Å². The highest BCUT2D eigenvalue weighted by Gasteiger charge is 2.39. The molecule has 182 valence electrons. The smallest absolute Gasteiger partial charge is 0.373 e. The lowest BCUT2D eigenvalue weighted by Gasteiger charge is -2.37. The summed E-state index contributed by atoms with van der Waals surface area (Å²) in [5, 5.41) is 0. The number of hydrogen-bond acceptors (Lipinski definition) is 3. The summed E-state index contributed by atoms with van der Waals surface area (Å²) in [5.74, 6) is 0.389. The normalized spacial score (nSPS) is 23.5. The Balaban J connectivity index is 1.70. The minimum Gasteiger partial charge on any atom is -0.373 e. The van der Waals surface area contributed by atoms with Gasteiger partial charge in [-0.1, -0.05) is 36.8 Å². The third-order valence-corrected chi connectivity index (χ3v) is 7.26. The molecule has 1 heterocycles. The lowest BCUT2D eigenvalue weighted by Crippen LogP contribution is -2.46. The molecule has 33 heavy (non-hydrogen) atoms. The van der Waals surface area contributed by atoms with E-state index in [1.165, 1.54) is 17.3 Å². The first-order chi connectivity index (χ1) is 15.5. The highest BCUT2D eigenvalue weighted by Crippen LogP contribution is 2.39. The van der Waals surface area contributed by atoms with Crippen molar-refractivity contribution in [3.63, 3.8) is 0 Å². The van der Waals surface area contributed by atoms with Gasteiger partial charge in [0.25, 0.3) is 0 Å². The Morgan fingerprint density at radius 3 is 2.30 bits per heavy atom. The topological polar surface area (TPSA) is 18.8 Å². The fraction of sp³-hybridized carbons (Fsp3) is 0.593. The van der Waals surface area contributed by atoms with Crippen molar-refractivity contribution in [2.24, 2.45) is 16.8 Å². The zero-order valence-electron chi connectivity index (χ0n) is 20.7. The Hall–Kier alpha value is -2.08. The van der Waals surface area contributed by atoms with Crippen LogP contribution < -0.4 is 0 Å². The van der Waals surface area contributed by atoms with Gasteiger partial charge in [0.15, 0.2) is 0 Å². The monoisotopic (exact) mass is 461 g/mol. The van der Waals surface area contributed by atoms with Gasteiger partial charge in [0, 0.05) is 43.5 Å². The summed E-state index contributed by atoms with van der Waals surface area (Å²) in [6.07, 6.45) is 2.81. The molecule has 1 atom stereocenters. The molecular weight excluding hydrogens is 423 g/mol. The van der Waals surface area contributed by atoms with Gasteiger partial charge < -0.3 is 4.90 Å². The van der Waals surface area contributed by atoms with E-state index in [9.17, 15) is 13.2 Å². The van der Waals surface area contributed by atoms with Crippen LogP contribution >= 0.6 is 0 Å². The number of rotatable bonds is 7. The van der Waals surface area contributed by atoms with Gasteiger partial charge >= 0.3 is 6.18 Å². The molecule has 3 aliphatic rings. The van der Waals surface area contributed by atoms with Gasteiger partial charge in [-0.2, -0.15) is 13.2 Å². The molecule has 0 aromatic rings. The van der Waals surface area contributed by atoms with Crippen LogP contribution in [0.4, 0.5) is 13.2 Å². The molecule has 6 heteroatoms. The van der Waals surface area contributed by atoms with Crippen molar-refractivity contribution in [1.82, 2.24) is 9.80 Å². The Bertz CT molecular complexity index is 901. The van der Waals surface area contributed by atoms with E-state index in [1.807, 2.05) is 6.92 Å². The molecule has 3 rings (SSSR count). The molecule has 0 bridgehead atoms. The number of allylic oxidation sites excluding steroid dienone is 9. The number of nitrogens with zero attached hydrogens (tertiary/aromatic N) is 3. The molecule has 1 saturated carbocycles. The van der Waals surface area contributed by atoms with E-state index in [2.05, 4.69) is 49.1 Å². The zero-order valence-corrected chi connectivity index (χ0v) is 20.7. The average molecular weight is 462 g/mol. The van der Waals surface area contributed by atoms with Crippen molar-refractivity contribution >= 4 is 5.71 Å². The van der Waals surface area contributed by atoms with Crippen LogP contribution in [0.3, 0.4) is 0 Å². The van der Waals surface area contributed by atoms with Crippen molar-refractivity contribution in [2.75, 3.05) is 32.7 Å². The Labute approximate surface area is 197 Å². The van der Waals surface area contributed by atoms with E-state index in [0.29, 0.717) is 11.3 Å². The fourth-order valence-electron chi connectivity index (χ4n) is 4.34. The quantitative estimate of drug-likeness (QED) is 0.421. The number of alkyl halides is 3. The van der Waals surface area contributed by atoms with Gasteiger partial charge in [-0.25, -0.2) is 0 Å². The van der Waals surface area contributed by atoms with Crippen molar-refractivity contribution in [3.8, 4) is 0 Å². The number of halogens is 3. The molecule has 0 radical (unpaired) electrons. The first kappa shape index (κ1) is 25.5. The summed E-state index contributed by atoms with van der Waals surface area (Å²) >= 11 is 0. The second-order valence-electron chi connectivity index (χ2n) is 9.86. The van der Waals surface area contributed by atoms with Gasteiger partial charge in [0.05, 0.1) is 11.3 Å². The maximum Gasteiger partial charge on any atom is 0.418 e. The van der Waals surface area contributed by atoms with Gasteiger partial charge in [0.1, 0.15) is 0 Å². The second-order valence-corrected chi connectivity index (χ2v) is 9.86. The lowest BCUT2D eigenvalue weighted by atomic mass is 9.87. The molecule has 1 saturated heterocycles. The van der Waals surface area contributed by atoms with Crippen LogP contribution in [0.15, 0.2) is 63.5 Å². The van der Waals surface area contributed by atoms with Crippen molar-refractivity contribution in [2.45, 2.75) is 60.1 Å². The molecule has 0 aromatic heterocycles. The zero-order chi connectivity index (χ0) is 24.3. The van der Waals surface area contributed by atoms with Gasteiger partial charge in [-0.15, -0.1) is 0 Å². The fourth-order valence-corrected chi connectivity index (χ4v) is 4.34. The Kier molecular flexibility index (Phi) is 8.09. The van der Waals surface area contributed by atoms with Crippen LogP contribution in [0.5, 0.6) is 0 Å². The summed E-state index contributed by atoms with van der Waals surface area (Å²) in [6, 6.07) is 0. The largest absolute Gasteiger partial charge is 0.418 e. The molecule has 2 aliphatic carbocycles. The van der Waals surface area contributed by atoms with E-state index < -0.39 is 11.7 Å². The van der Waals surface area contributed by atoms with E-state index in [0.717, 1.165) is 63.6 Å². The number of aliphatic imine (C=N–C) groups is 1. The third-order valence-electron chi connectivity index (χ3n) is 7.26. The van der Waals surface area contributed by atoms with Crippen molar-refractivity contribution < 1.29 is 13.2 Å². The minimum absolute atomic E-state index is 0.0389. The summed E-state index contributed by atoms with van der Waals surface area (Å²) in [6.45, 7) is 19.5. The third kappa shape index (κ3) is 6.50. The van der Waals surface area contributed by atoms with Crippen LogP contribution in [-0.4, -0.2) is 54.4 Å². The predicted molar refractivity (Wildman–Crippen MR) is 131 cm³/mol. The van der Waals surface area contributed by atoms with Crippen LogP contribution in [0.1, 0.15) is 53.9 Å². The minimum atomic E-state index is -4.44. The standard InChI is InChI=1S/C27H38F3N3/c1-18(2)22(6)33-16-14-32(15-17-33)13-12-19(3)20(4)24-8-7-9-25(27(28,29)30)26(24)31-21(5)23-10-11-23/h7-9,19,23H,5,10-17H2,1-4,6H3/b24-20+,31-26+. The van der Waals surface area contributed by atoms with Gasteiger partial charge in [0.2, 0.25) is 0 Å². The SMILES string of the molecule is C=C(/N=C1/C(C(F)(F)F)=CC=C/C1=C(/C)C(C)CCN1CCN(C(C)=C(C)C)CC1)C1CC1. The van der Waals surface area contributed by atoms with Crippen LogP contribution in [0, 0.1) is 11.8 Å². The maximum atomic E-state index is 13.8. The second kappa shape index (κ2) is 10.5. The molecule has 0 N–H and O–H groups in total. The molecule has 0 amide bonds. The van der Waals surface area contributed by atoms with Crippen LogP contribution in [0.25, 0.3) is 0 Å². The van der Waals surface area contributed by atoms with Gasteiger partial charge in [-0.3, -0.25) is 9.89 Å². The van der Waals surface area contributed by atoms with Crippen LogP contribution in [0.2, 0.25) is 0 Å². The average Bonchev–Trinajstić information content (AvgIpc) is 3.61. The van der Waals surface area contributed by atoms with Crippen molar-refractivity contribution in [3.05, 3.63) is 58.5 Å². The lowest BCUT2D eigenvalue weighted by molar-refractivity contribution is -0.0860. The first-order valence-electron chi connectivity index (χ1n) is 12.0. The molecule has 1 aliphatic heterocycles. The van der Waals surface area contributed by atoms with Gasteiger partial charge in [-0.05, 0) is 71.1 Å². The first-order valence-corrected chi connectivity index (χ1v) is 12.0. The highest BCUT2D eigenvalue weighted by atomic mass is 19.4. The summed E-state index contributed by atoms with van der Waals surface area (Å²) in [5.41, 5.74) is 4.22. The van der Waals surface area contributed by atoms with Crippen LogP contribution in [-0.2, 0) is 0 Å². The van der Waals surface area contributed by atoms with E-state index >= 15 is 0 Å². The van der Waals surface area contributed by atoms with E-state index in [4.69, 9.17) is 0 Å². The molecule has 2 fully saturated rings. The van der Waals surface area contributed by atoms with E-state index in [1.54, 1.807) is 6.08 Å². The summed E-state index contributed by atoms with van der Waals surface area (Å²) < 4.78 is 41.3. The molecule has 1 unspecified atom stereocenters. The molecule has 0 aromatic carbocycles. The van der Waals surface area contributed by atoms with Crippen molar-refractivity contribution in [1.29, 1.82) is 0 Å². The summed E-state index contributed by atoms with van der Waals surface area (Å²) in [4.78, 5) is 9.33. The number of piperazine rings is 1. The molecule has 0 spiro atoms. The molecule has 3 nitrogen and oxygen atoms in total. The Morgan fingerprint density at radius 1 is 1.12 bits per heavy atom.